The van der Waals surface area contributed by atoms with Crippen molar-refractivity contribution >= 4 is 23.2 Å². The zero-order valence-electron chi connectivity index (χ0n) is 14.6. The van der Waals surface area contributed by atoms with E-state index in [1.807, 2.05) is 0 Å². The van der Waals surface area contributed by atoms with E-state index in [1.165, 1.54) is 24.3 Å². The highest BCUT2D eigenvalue weighted by Gasteiger charge is 2.09. The van der Waals surface area contributed by atoms with Crippen molar-refractivity contribution in [2.75, 3.05) is 32.2 Å². The van der Waals surface area contributed by atoms with E-state index in [2.05, 4.69) is 10.6 Å². The van der Waals surface area contributed by atoms with Crippen LogP contribution in [0.4, 0.5) is 11.4 Å². The van der Waals surface area contributed by atoms with Gasteiger partial charge in [0.15, 0.2) is 6.61 Å². The maximum absolute atomic E-state index is 12.0. The molecule has 9 heteroatoms. The van der Waals surface area contributed by atoms with E-state index in [-0.39, 0.29) is 18.2 Å². The number of nitro benzene ring substituents is 1. The van der Waals surface area contributed by atoms with E-state index in [4.69, 9.17) is 9.47 Å². The number of methoxy groups -OCH3 is 1. The number of hydrogen-bond acceptors (Lipinski definition) is 6. The predicted molar refractivity (Wildman–Crippen MR) is 97.9 cm³/mol. The molecular weight excluding hydrogens is 354 g/mol. The van der Waals surface area contributed by atoms with Gasteiger partial charge in [0.1, 0.15) is 5.75 Å². The first-order chi connectivity index (χ1) is 13.0. The summed E-state index contributed by atoms with van der Waals surface area (Å²) in [5, 5.41) is 15.9. The molecule has 0 aliphatic carbocycles. The first-order valence-electron chi connectivity index (χ1n) is 8.04. The number of nitrogens with one attached hydrogen (secondary N) is 2. The van der Waals surface area contributed by atoms with Crippen LogP contribution in [0.5, 0.6) is 5.75 Å². The Kier molecular flexibility index (Phi) is 7.26. The Bertz CT molecular complexity index is 807. The van der Waals surface area contributed by atoms with Crippen LogP contribution in [0.25, 0.3) is 0 Å². The Labute approximate surface area is 155 Å². The minimum Gasteiger partial charge on any atom is -0.484 e. The summed E-state index contributed by atoms with van der Waals surface area (Å²) in [7, 11) is 1.54. The molecule has 2 aromatic rings. The van der Waals surface area contributed by atoms with Crippen molar-refractivity contribution in [3.8, 4) is 5.75 Å². The Balaban J connectivity index is 1.87. The van der Waals surface area contributed by atoms with Crippen molar-refractivity contribution in [1.29, 1.82) is 0 Å². The number of nitrogens with zero attached hydrogens (tertiary/aromatic N) is 1. The fraction of sp³-hybridized carbons (Fsp3) is 0.222. The molecule has 0 saturated heterocycles. The molecule has 0 spiro atoms. The number of carbonyl (C=O) groups excluding carboxylic acids is 2. The third-order valence-electron chi connectivity index (χ3n) is 3.42. The summed E-state index contributed by atoms with van der Waals surface area (Å²) in [6, 6.07) is 11.9. The molecule has 2 aromatic carbocycles. The van der Waals surface area contributed by atoms with Crippen LogP contribution in [-0.4, -0.2) is 43.6 Å². The summed E-state index contributed by atoms with van der Waals surface area (Å²) in [5.41, 5.74) is 0.791. The number of ether oxygens (including phenoxy) is 2. The molecule has 0 atom stereocenters. The summed E-state index contributed by atoms with van der Waals surface area (Å²) >= 11 is 0. The number of carbonyl (C=O) groups is 2. The molecule has 142 valence electrons. The highest BCUT2D eigenvalue weighted by atomic mass is 16.6. The average Bonchev–Trinajstić information content (AvgIpc) is 2.67. The normalized spacial score (nSPS) is 10.1. The maximum Gasteiger partial charge on any atom is 0.269 e. The van der Waals surface area contributed by atoms with E-state index < -0.39 is 10.8 Å². The fourth-order valence-electron chi connectivity index (χ4n) is 2.12. The summed E-state index contributed by atoms with van der Waals surface area (Å²) in [4.78, 5) is 34.1. The predicted octanol–water partition coefficient (Wildman–Crippen LogP) is 1.99. The van der Waals surface area contributed by atoms with Crippen LogP contribution in [0.1, 0.15) is 10.4 Å². The largest absolute Gasteiger partial charge is 0.484 e. The first-order valence-corrected chi connectivity index (χ1v) is 8.04. The van der Waals surface area contributed by atoms with Crippen LogP contribution >= 0.6 is 0 Å². The monoisotopic (exact) mass is 373 g/mol. The lowest BCUT2D eigenvalue weighted by Gasteiger charge is -2.09. The number of benzene rings is 2. The summed E-state index contributed by atoms with van der Waals surface area (Å²) < 4.78 is 10.2. The van der Waals surface area contributed by atoms with Gasteiger partial charge in [-0.25, -0.2) is 0 Å². The molecule has 2 N–H and O–H groups in total. The number of rotatable bonds is 9. The lowest BCUT2D eigenvalue weighted by atomic mass is 10.2. The highest BCUT2D eigenvalue weighted by molar-refractivity contribution is 5.97. The quantitative estimate of drug-likeness (QED) is 0.394. The minimum atomic E-state index is -0.519. The van der Waals surface area contributed by atoms with Crippen LogP contribution in [0.3, 0.4) is 0 Å². The lowest BCUT2D eigenvalue weighted by Crippen LogP contribution is -2.27. The van der Waals surface area contributed by atoms with Gasteiger partial charge in [-0.1, -0.05) is 6.07 Å². The van der Waals surface area contributed by atoms with Gasteiger partial charge in [0.05, 0.1) is 11.5 Å². The fourth-order valence-corrected chi connectivity index (χ4v) is 2.12. The molecule has 2 rings (SSSR count). The Morgan fingerprint density at radius 3 is 2.56 bits per heavy atom. The van der Waals surface area contributed by atoms with Crippen LogP contribution in [-0.2, 0) is 9.53 Å². The number of anilines is 1. The van der Waals surface area contributed by atoms with Crippen LogP contribution in [0.2, 0.25) is 0 Å². The highest BCUT2D eigenvalue weighted by Crippen LogP contribution is 2.17. The second-order valence-corrected chi connectivity index (χ2v) is 5.42. The second-order valence-electron chi connectivity index (χ2n) is 5.42. The molecule has 0 bridgehead atoms. The van der Waals surface area contributed by atoms with Crippen molar-refractivity contribution < 1.29 is 24.0 Å². The van der Waals surface area contributed by atoms with Gasteiger partial charge in [-0.3, -0.25) is 19.7 Å². The van der Waals surface area contributed by atoms with E-state index in [0.29, 0.717) is 30.2 Å². The molecule has 2 amide bonds. The van der Waals surface area contributed by atoms with Gasteiger partial charge in [0.2, 0.25) is 0 Å². The molecule has 9 nitrogen and oxygen atoms in total. The molecule has 0 radical (unpaired) electrons. The van der Waals surface area contributed by atoms with Gasteiger partial charge in [-0.15, -0.1) is 0 Å². The molecule has 27 heavy (non-hydrogen) atoms. The lowest BCUT2D eigenvalue weighted by molar-refractivity contribution is -0.384. The Hall–Kier alpha value is -3.46. The molecule has 0 aliphatic heterocycles. The SMILES string of the molecule is COCCNC(=O)c1cccc(NC(=O)COc2ccc([N+](=O)[O-])cc2)c1. The molecule has 0 fully saturated rings. The Morgan fingerprint density at radius 2 is 1.89 bits per heavy atom. The number of non-ortho nitro benzene ring substituents is 1. The molecular formula is C18H19N3O6. The molecule has 0 aliphatic rings. The molecule has 0 aromatic heterocycles. The van der Waals surface area contributed by atoms with Crippen molar-refractivity contribution in [1.82, 2.24) is 5.32 Å². The third-order valence-corrected chi connectivity index (χ3v) is 3.42. The summed E-state index contributed by atoms with van der Waals surface area (Å²) in [6.45, 7) is 0.513. The van der Waals surface area contributed by atoms with Gasteiger partial charge >= 0.3 is 0 Å². The van der Waals surface area contributed by atoms with E-state index in [9.17, 15) is 19.7 Å². The maximum atomic E-state index is 12.0. The van der Waals surface area contributed by atoms with Gasteiger partial charge < -0.3 is 20.1 Å². The van der Waals surface area contributed by atoms with E-state index in [0.717, 1.165) is 0 Å². The van der Waals surface area contributed by atoms with Gasteiger partial charge in [-0.2, -0.15) is 0 Å². The topological polar surface area (TPSA) is 120 Å². The van der Waals surface area contributed by atoms with Crippen LogP contribution in [0.15, 0.2) is 48.5 Å². The van der Waals surface area contributed by atoms with E-state index in [1.54, 1.807) is 31.4 Å². The van der Waals surface area contributed by atoms with Crippen molar-refractivity contribution in [2.24, 2.45) is 0 Å². The first kappa shape index (κ1) is 19.9. The number of nitro groups is 1. The van der Waals surface area contributed by atoms with Crippen molar-refractivity contribution in [2.45, 2.75) is 0 Å². The average molecular weight is 373 g/mol. The minimum absolute atomic E-state index is 0.0626. The van der Waals surface area contributed by atoms with Crippen LogP contribution < -0.4 is 15.4 Å². The van der Waals surface area contributed by atoms with Crippen molar-refractivity contribution in [3.05, 3.63) is 64.2 Å². The molecule has 0 unspecified atom stereocenters. The van der Waals surface area contributed by atoms with Gasteiger partial charge in [0, 0.05) is 37.0 Å². The standard InChI is InChI=1S/C18H19N3O6/c1-26-10-9-19-18(23)13-3-2-4-14(11-13)20-17(22)12-27-16-7-5-15(6-8-16)21(24)25/h2-8,11H,9-10,12H2,1H3,(H,19,23)(H,20,22). The van der Waals surface area contributed by atoms with Gasteiger partial charge in [-0.05, 0) is 30.3 Å². The third kappa shape index (κ3) is 6.40. The Morgan fingerprint density at radius 1 is 1.15 bits per heavy atom. The van der Waals surface area contributed by atoms with E-state index >= 15 is 0 Å². The second kappa shape index (κ2) is 9.88. The molecule has 0 heterocycles. The van der Waals surface area contributed by atoms with Gasteiger partial charge in [0.25, 0.3) is 17.5 Å². The summed E-state index contributed by atoms with van der Waals surface area (Å²) in [5.74, 6) is -0.363. The van der Waals surface area contributed by atoms with Crippen LogP contribution in [0, 0.1) is 10.1 Å². The number of amides is 2. The van der Waals surface area contributed by atoms with Crippen molar-refractivity contribution in [3.63, 3.8) is 0 Å². The zero-order chi connectivity index (χ0) is 19.6. The molecule has 0 saturated carbocycles. The number of hydrogen-bond donors (Lipinski definition) is 2. The summed E-state index contributed by atoms with van der Waals surface area (Å²) in [6.07, 6.45) is 0. The smallest absolute Gasteiger partial charge is 0.269 e. The zero-order valence-corrected chi connectivity index (χ0v) is 14.6.